The molecule has 0 unspecified atom stereocenters. The Bertz CT molecular complexity index is 533. The van der Waals surface area contributed by atoms with Gasteiger partial charge in [-0.05, 0) is 34.5 Å². The van der Waals surface area contributed by atoms with E-state index in [1.807, 2.05) is 19.2 Å². The molecule has 2 heterocycles. The average molecular weight is 269 g/mol. The number of nitrogens with zero attached hydrogens (tertiary/aromatic N) is 2. The zero-order valence-electron chi connectivity index (χ0n) is 8.07. The van der Waals surface area contributed by atoms with Crippen molar-refractivity contribution in [2.45, 2.75) is 13.3 Å². The molecule has 0 amide bonds. The first kappa shape index (κ1) is 10.2. The number of aryl methyl sites for hydroxylation is 1. The van der Waals surface area contributed by atoms with Gasteiger partial charge in [0, 0.05) is 10.7 Å². The molecule has 15 heavy (non-hydrogen) atoms. The van der Waals surface area contributed by atoms with Crippen LogP contribution in [0.4, 0.5) is 0 Å². The molecule has 2 aromatic rings. The van der Waals surface area contributed by atoms with Gasteiger partial charge in [0.25, 0.3) is 0 Å². The number of fused-ring (bicyclic) bond motifs is 1. The van der Waals surface area contributed by atoms with E-state index in [0.717, 1.165) is 10.2 Å². The zero-order chi connectivity index (χ0) is 11.0. The Kier molecular flexibility index (Phi) is 2.48. The Morgan fingerprint density at radius 2 is 2.33 bits per heavy atom. The van der Waals surface area contributed by atoms with Crippen molar-refractivity contribution in [1.82, 2.24) is 9.38 Å². The summed E-state index contributed by atoms with van der Waals surface area (Å²) in [5, 5.41) is 8.98. The molecule has 4 nitrogen and oxygen atoms in total. The van der Waals surface area contributed by atoms with Gasteiger partial charge in [-0.3, -0.25) is 0 Å². The number of hydrogen-bond acceptors (Lipinski definition) is 2. The third-order valence-electron chi connectivity index (χ3n) is 2.22. The lowest BCUT2D eigenvalue weighted by Crippen LogP contribution is -2.02. The number of aromatic carboxylic acids is 1. The van der Waals surface area contributed by atoms with Gasteiger partial charge >= 0.3 is 5.97 Å². The van der Waals surface area contributed by atoms with E-state index >= 15 is 0 Å². The summed E-state index contributed by atoms with van der Waals surface area (Å²) in [5.41, 5.74) is 1.52. The summed E-state index contributed by atoms with van der Waals surface area (Å²) in [7, 11) is 0. The van der Waals surface area contributed by atoms with Crippen molar-refractivity contribution in [2.75, 3.05) is 0 Å². The number of carboxylic acid groups (broad SMARTS) is 1. The Hall–Kier alpha value is -1.36. The van der Waals surface area contributed by atoms with E-state index < -0.39 is 5.97 Å². The lowest BCUT2D eigenvalue weighted by Gasteiger charge is -1.99. The highest BCUT2D eigenvalue weighted by atomic mass is 79.9. The molecule has 2 aromatic heterocycles. The van der Waals surface area contributed by atoms with Crippen LogP contribution in [0.25, 0.3) is 5.65 Å². The van der Waals surface area contributed by atoms with Crippen LogP contribution in [0.1, 0.15) is 23.1 Å². The van der Waals surface area contributed by atoms with Crippen molar-refractivity contribution < 1.29 is 9.90 Å². The summed E-state index contributed by atoms with van der Waals surface area (Å²) >= 11 is 3.35. The van der Waals surface area contributed by atoms with Crippen LogP contribution in [0, 0.1) is 0 Å². The summed E-state index contributed by atoms with van der Waals surface area (Å²) in [4.78, 5) is 15.0. The van der Waals surface area contributed by atoms with E-state index in [0.29, 0.717) is 12.1 Å². The van der Waals surface area contributed by atoms with E-state index in [1.54, 1.807) is 10.5 Å². The van der Waals surface area contributed by atoms with Crippen LogP contribution >= 0.6 is 15.9 Å². The topological polar surface area (TPSA) is 54.6 Å². The molecule has 0 spiro atoms. The minimum atomic E-state index is -0.980. The van der Waals surface area contributed by atoms with Crippen molar-refractivity contribution in [3.8, 4) is 0 Å². The van der Waals surface area contributed by atoms with Crippen LogP contribution in [0.2, 0.25) is 0 Å². The van der Waals surface area contributed by atoms with Crippen LogP contribution in [0.3, 0.4) is 0 Å². The van der Waals surface area contributed by atoms with Crippen LogP contribution in [0.15, 0.2) is 22.8 Å². The molecule has 0 saturated carbocycles. The molecule has 0 aliphatic rings. The fraction of sp³-hybridized carbons (Fsp3) is 0.200. The second-order valence-electron chi connectivity index (χ2n) is 3.14. The van der Waals surface area contributed by atoms with Crippen molar-refractivity contribution >= 4 is 27.5 Å². The third-order valence-corrected chi connectivity index (χ3v) is 2.69. The number of pyridine rings is 1. The standard InChI is InChI=1S/C10H9BrN2O2/c1-2-7-9(10(14)15)12-8-4-3-6(11)5-13(7)8/h3-5H,2H2,1H3,(H,14,15). The van der Waals surface area contributed by atoms with Crippen molar-refractivity contribution in [3.63, 3.8) is 0 Å². The Morgan fingerprint density at radius 3 is 2.93 bits per heavy atom. The van der Waals surface area contributed by atoms with Gasteiger partial charge in [0.2, 0.25) is 0 Å². The first-order valence-electron chi connectivity index (χ1n) is 4.53. The van der Waals surface area contributed by atoms with E-state index in [1.165, 1.54) is 0 Å². The average Bonchev–Trinajstić information content (AvgIpc) is 2.55. The van der Waals surface area contributed by atoms with Gasteiger partial charge in [-0.15, -0.1) is 0 Å². The summed E-state index contributed by atoms with van der Waals surface area (Å²) in [6.45, 7) is 1.91. The smallest absolute Gasteiger partial charge is 0.356 e. The van der Waals surface area contributed by atoms with Crippen molar-refractivity contribution in [1.29, 1.82) is 0 Å². The highest BCUT2D eigenvalue weighted by Crippen LogP contribution is 2.17. The number of halogens is 1. The van der Waals surface area contributed by atoms with Crippen LogP contribution < -0.4 is 0 Å². The highest BCUT2D eigenvalue weighted by Gasteiger charge is 2.16. The van der Waals surface area contributed by atoms with Gasteiger partial charge in [-0.2, -0.15) is 0 Å². The summed E-state index contributed by atoms with van der Waals surface area (Å²) < 4.78 is 2.70. The molecule has 0 atom stereocenters. The van der Waals surface area contributed by atoms with Crippen LogP contribution in [-0.4, -0.2) is 20.5 Å². The summed E-state index contributed by atoms with van der Waals surface area (Å²) in [6, 6.07) is 3.63. The van der Waals surface area contributed by atoms with E-state index in [4.69, 9.17) is 5.11 Å². The minimum Gasteiger partial charge on any atom is -0.476 e. The molecule has 0 fully saturated rings. The fourth-order valence-electron chi connectivity index (χ4n) is 1.58. The molecule has 2 rings (SSSR count). The van der Waals surface area contributed by atoms with E-state index in [-0.39, 0.29) is 5.69 Å². The molecule has 0 aliphatic heterocycles. The molecule has 1 N–H and O–H groups in total. The van der Waals surface area contributed by atoms with Gasteiger partial charge in [-0.1, -0.05) is 6.92 Å². The molecule has 78 valence electrons. The predicted octanol–water partition coefficient (Wildman–Crippen LogP) is 2.36. The predicted molar refractivity (Wildman–Crippen MR) is 59.2 cm³/mol. The first-order valence-corrected chi connectivity index (χ1v) is 5.32. The molecule has 0 radical (unpaired) electrons. The quantitative estimate of drug-likeness (QED) is 0.910. The Labute approximate surface area is 94.7 Å². The maximum Gasteiger partial charge on any atom is 0.356 e. The highest BCUT2D eigenvalue weighted by molar-refractivity contribution is 9.10. The number of hydrogen-bond donors (Lipinski definition) is 1. The number of rotatable bonds is 2. The maximum absolute atomic E-state index is 10.9. The van der Waals surface area contributed by atoms with Crippen LogP contribution in [-0.2, 0) is 6.42 Å². The van der Waals surface area contributed by atoms with Gasteiger partial charge in [-0.25, -0.2) is 9.78 Å². The molecule has 5 heteroatoms. The molecule has 0 saturated heterocycles. The van der Waals surface area contributed by atoms with Gasteiger partial charge in [0.05, 0.1) is 5.69 Å². The molecule has 0 aromatic carbocycles. The summed E-state index contributed by atoms with van der Waals surface area (Å²) in [5.74, 6) is -0.980. The number of carbonyl (C=O) groups is 1. The molecular formula is C10H9BrN2O2. The number of aromatic nitrogens is 2. The van der Waals surface area contributed by atoms with Gasteiger partial charge < -0.3 is 9.51 Å². The monoisotopic (exact) mass is 268 g/mol. The Morgan fingerprint density at radius 1 is 1.60 bits per heavy atom. The van der Waals surface area contributed by atoms with Gasteiger partial charge in [0.1, 0.15) is 5.65 Å². The lowest BCUT2D eigenvalue weighted by molar-refractivity contribution is 0.0690. The number of carboxylic acids is 1. The zero-order valence-corrected chi connectivity index (χ0v) is 9.65. The second kappa shape index (κ2) is 3.66. The largest absolute Gasteiger partial charge is 0.476 e. The fourth-order valence-corrected chi connectivity index (χ4v) is 1.91. The summed E-state index contributed by atoms with van der Waals surface area (Å²) in [6.07, 6.45) is 2.47. The maximum atomic E-state index is 10.9. The third kappa shape index (κ3) is 1.63. The minimum absolute atomic E-state index is 0.135. The normalized spacial score (nSPS) is 10.8. The Balaban J connectivity index is 2.79. The first-order chi connectivity index (χ1) is 7.13. The second-order valence-corrected chi connectivity index (χ2v) is 4.06. The molecular weight excluding hydrogens is 260 g/mol. The van der Waals surface area contributed by atoms with Crippen molar-refractivity contribution in [2.24, 2.45) is 0 Å². The van der Waals surface area contributed by atoms with Crippen LogP contribution in [0.5, 0.6) is 0 Å². The van der Waals surface area contributed by atoms with E-state index in [2.05, 4.69) is 20.9 Å². The SMILES string of the molecule is CCc1c(C(=O)O)nc2ccc(Br)cn12. The van der Waals surface area contributed by atoms with E-state index in [9.17, 15) is 4.79 Å². The lowest BCUT2D eigenvalue weighted by atomic mass is 10.2. The molecule has 0 bridgehead atoms. The molecule has 0 aliphatic carbocycles. The van der Waals surface area contributed by atoms with Gasteiger partial charge in [0.15, 0.2) is 5.69 Å². The number of imidazole rings is 1. The van der Waals surface area contributed by atoms with Crippen molar-refractivity contribution in [3.05, 3.63) is 34.2 Å².